The van der Waals surface area contributed by atoms with E-state index in [1.54, 1.807) is 18.2 Å². The van der Waals surface area contributed by atoms with Crippen LogP contribution in [-0.2, 0) is 0 Å². The zero-order valence-corrected chi connectivity index (χ0v) is 8.94. The van der Waals surface area contributed by atoms with Gasteiger partial charge < -0.3 is 5.11 Å². The molecule has 78 valence electrons. The van der Waals surface area contributed by atoms with Crippen LogP contribution in [0.25, 0.3) is 11.3 Å². The molecule has 0 unspecified atom stereocenters. The van der Waals surface area contributed by atoms with Crippen molar-refractivity contribution in [1.82, 2.24) is 4.98 Å². The fraction of sp³-hybridized carbons (Fsp3) is 0. The van der Waals surface area contributed by atoms with Gasteiger partial charge in [-0.05, 0) is 18.2 Å². The minimum atomic E-state index is -0.111. The molecule has 0 radical (unpaired) electrons. The molecule has 0 aliphatic heterocycles. The van der Waals surface area contributed by atoms with Crippen LogP contribution in [0.2, 0.25) is 5.02 Å². The van der Waals surface area contributed by atoms with Gasteiger partial charge in [0.15, 0.2) is 5.75 Å². The Bertz CT molecular complexity index is 558. The Hall–Kier alpha value is -2.05. The number of pyridine rings is 1. The van der Waals surface area contributed by atoms with Crippen molar-refractivity contribution in [3.8, 4) is 23.1 Å². The van der Waals surface area contributed by atoms with Gasteiger partial charge in [0.05, 0.1) is 17.5 Å². The second kappa shape index (κ2) is 4.21. The SMILES string of the molecule is N#Cc1cc(-c2ccc(Cl)cc2)ncc1O. The highest BCUT2D eigenvalue weighted by molar-refractivity contribution is 6.30. The molecule has 3 nitrogen and oxygen atoms in total. The minimum Gasteiger partial charge on any atom is -0.505 e. The second-order valence-electron chi connectivity index (χ2n) is 3.21. The summed E-state index contributed by atoms with van der Waals surface area (Å²) in [6, 6.07) is 10.6. The summed E-state index contributed by atoms with van der Waals surface area (Å²) in [5, 5.41) is 18.7. The number of aromatic nitrogens is 1. The Labute approximate surface area is 97.6 Å². The van der Waals surface area contributed by atoms with E-state index in [0.29, 0.717) is 10.7 Å². The van der Waals surface area contributed by atoms with Crippen LogP contribution < -0.4 is 0 Å². The number of halogens is 1. The number of aromatic hydroxyl groups is 1. The first-order chi connectivity index (χ1) is 7.70. The van der Waals surface area contributed by atoms with Gasteiger partial charge >= 0.3 is 0 Å². The highest BCUT2D eigenvalue weighted by Crippen LogP contribution is 2.23. The first kappa shape index (κ1) is 10.5. The molecular formula is C12H7ClN2O. The van der Waals surface area contributed by atoms with E-state index in [1.165, 1.54) is 6.20 Å². The smallest absolute Gasteiger partial charge is 0.151 e. The summed E-state index contributed by atoms with van der Waals surface area (Å²) in [7, 11) is 0. The van der Waals surface area contributed by atoms with Gasteiger partial charge in [0.2, 0.25) is 0 Å². The molecule has 0 amide bonds. The van der Waals surface area contributed by atoms with Gasteiger partial charge in [0, 0.05) is 10.6 Å². The van der Waals surface area contributed by atoms with E-state index < -0.39 is 0 Å². The van der Waals surface area contributed by atoms with Crippen LogP contribution in [0.1, 0.15) is 5.56 Å². The molecule has 1 aromatic heterocycles. The molecule has 0 bridgehead atoms. The summed E-state index contributed by atoms with van der Waals surface area (Å²) in [6.07, 6.45) is 1.27. The van der Waals surface area contributed by atoms with E-state index in [1.807, 2.05) is 18.2 Å². The van der Waals surface area contributed by atoms with Crippen molar-refractivity contribution in [3.63, 3.8) is 0 Å². The molecule has 0 saturated heterocycles. The Balaban J connectivity index is 2.49. The molecule has 0 atom stereocenters. The quantitative estimate of drug-likeness (QED) is 0.819. The van der Waals surface area contributed by atoms with Crippen molar-refractivity contribution in [2.75, 3.05) is 0 Å². The van der Waals surface area contributed by atoms with E-state index in [9.17, 15) is 5.11 Å². The van der Waals surface area contributed by atoms with Gasteiger partial charge in [-0.25, -0.2) is 0 Å². The number of rotatable bonds is 1. The number of benzene rings is 1. The number of hydrogen-bond acceptors (Lipinski definition) is 3. The molecular weight excluding hydrogens is 224 g/mol. The summed E-state index contributed by atoms with van der Waals surface area (Å²) in [6.45, 7) is 0. The Morgan fingerprint density at radius 2 is 1.94 bits per heavy atom. The lowest BCUT2D eigenvalue weighted by molar-refractivity contribution is 0.471. The summed E-state index contributed by atoms with van der Waals surface area (Å²) in [5.41, 5.74) is 1.69. The fourth-order valence-corrected chi connectivity index (χ4v) is 1.44. The van der Waals surface area contributed by atoms with Crippen molar-refractivity contribution in [2.45, 2.75) is 0 Å². The maximum atomic E-state index is 9.32. The van der Waals surface area contributed by atoms with Crippen LogP contribution >= 0.6 is 11.6 Å². The van der Waals surface area contributed by atoms with E-state index in [0.717, 1.165) is 5.56 Å². The predicted octanol–water partition coefficient (Wildman–Crippen LogP) is 2.98. The molecule has 4 heteroatoms. The first-order valence-corrected chi connectivity index (χ1v) is 4.93. The summed E-state index contributed by atoms with van der Waals surface area (Å²) < 4.78 is 0. The minimum absolute atomic E-state index is 0.111. The average Bonchev–Trinajstić information content (AvgIpc) is 2.31. The lowest BCUT2D eigenvalue weighted by atomic mass is 10.1. The third-order valence-electron chi connectivity index (χ3n) is 2.14. The van der Waals surface area contributed by atoms with Crippen LogP contribution in [-0.4, -0.2) is 10.1 Å². The van der Waals surface area contributed by atoms with Crippen LogP contribution in [0.3, 0.4) is 0 Å². The van der Waals surface area contributed by atoms with E-state index in [4.69, 9.17) is 16.9 Å². The summed E-state index contributed by atoms with van der Waals surface area (Å²) in [5.74, 6) is -0.111. The molecule has 1 heterocycles. The summed E-state index contributed by atoms with van der Waals surface area (Å²) in [4.78, 5) is 4.04. The highest BCUT2D eigenvalue weighted by atomic mass is 35.5. The van der Waals surface area contributed by atoms with Gasteiger partial charge in [-0.3, -0.25) is 4.98 Å². The highest BCUT2D eigenvalue weighted by Gasteiger charge is 2.05. The Morgan fingerprint density at radius 3 is 2.56 bits per heavy atom. The topological polar surface area (TPSA) is 56.9 Å². The Morgan fingerprint density at radius 1 is 1.25 bits per heavy atom. The van der Waals surface area contributed by atoms with Crippen LogP contribution in [0.15, 0.2) is 36.5 Å². The molecule has 1 N–H and O–H groups in total. The normalized spacial score (nSPS) is 9.75. The molecule has 0 aliphatic rings. The average molecular weight is 231 g/mol. The standard InChI is InChI=1S/C12H7ClN2O/c13-10-3-1-8(2-4-10)11-5-9(6-14)12(16)7-15-11/h1-5,7,16H. The lowest BCUT2D eigenvalue weighted by Crippen LogP contribution is -1.85. The maximum absolute atomic E-state index is 9.32. The monoisotopic (exact) mass is 230 g/mol. The van der Waals surface area contributed by atoms with Gasteiger partial charge in [-0.1, -0.05) is 23.7 Å². The van der Waals surface area contributed by atoms with E-state index in [-0.39, 0.29) is 11.3 Å². The number of nitriles is 1. The first-order valence-electron chi connectivity index (χ1n) is 4.56. The molecule has 0 spiro atoms. The second-order valence-corrected chi connectivity index (χ2v) is 3.64. The van der Waals surface area contributed by atoms with E-state index in [2.05, 4.69) is 4.98 Å². The molecule has 2 aromatic rings. The largest absolute Gasteiger partial charge is 0.505 e. The van der Waals surface area contributed by atoms with Gasteiger partial charge in [-0.15, -0.1) is 0 Å². The van der Waals surface area contributed by atoms with Crippen molar-refractivity contribution in [1.29, 1.82) is 5.26 Å². The molecule has 16 heavy (non-hydrogen) atoms. The van der Waals surface area contributed by atoms with Crippen LogP contribution in [0.4, 0.5) is 0 Å². The zero-order chi connectivity index (χ0) is 11.5. The zero-order valence-electron chi connectivity index (χ0n) is 8.18. The number of hydrogen-bond donors (Lipinski definition) is 1. The lowest BCUT2D eigenvalue weighted by Gasteiger charge is -2.02. The van der Waals surface area contributed by atoms with Gasteiger partial charge in [0.1, 0.15) is 6.07 Å². The molecule has 1 aromatic carbocycles. The molecule has 0 aliphatic carbocycles. The Kier molecular flexibility index (Phi) is 2.76. The molecule has 0 fully saturated rings. The molecule has 0 saturated carbocycles. The van der Waals surface area contributed by atoms with E-state index >= 15 is 0 Å². The maximum Gasteiger partial charge on any atom is 0.151 e. The van der Waals surface area contributed by atoms with Gasteiger partial charge in [-0.2, -0.15) is 5.26 Å². The van der Waals surface area contributed by atoms with Gasteiger partial charge in [0.25, 0.3) is 0 Å². The third-order valence-corrected chi connectivity index (χ3v) is 2.40. The molecule has 2 rings (SSSR count). The summed E-state index contributed by atoms with van der Waals surface area (Å²) >= 11 is 5.77. The van der Waals surface area contributed by atoms with Crippen LogP contribution in [0, 0.1) is 11.3 Å². The predicted molar refractivity (Wildman–Crippen MR) is 61.1 cm³/mol. The van der Waals surface area contributed by atoms with Crippen molar-refractivity contribution in [3.05, 3.63) is 47.1 Å². The third kappa shape index (κ3) is 1.97. The number of nitrogens with zero attached hydrogens (tertiary/aromatic N) is 2. The van der Waals surface area contributed by atoms with Crippen molar-refractivity contribution in [2.24, 2.45) is 0 Å². The van der Waals surface area contributed by atoms with Crippen molar-refractivity contribution < 1.29 is 5.11 Å². The fourth-order valence-electron chi connectivity index (χ4n) is 1.32. The van der Waals surface area contributed by atoms with Crippen molar-refractivity contribution >= 4 is 11.6 Å². The van der Waals surface area contributed by atoms with Crippen LogP contribution in [0.5, 0.6) is 5.75 Å².